The molecule has 1 fully saturated rings. The molecule has 6 nitrogen and oxygen atoms in total. The summed E-state index contributed by atoms with van der Waals surface area (Å²) in [5.41, 5.74) is 3.79. The van der Waals surface area contributed by atoms with Crippen LogP contribution < -0.4 is 0 Å². The summed E-state index contributed by atoms with van der Waals surface area (Å²) in [6, 6.07) is 6.13. The van der Waals surface area contributed by atoms with Crippen molar-refractivity contribution in [3.05, 3.63) is 59.5 Å². The molecule has 1 aromatic carbocycles. The summed E-state index contributed by atoms with van der Waals surface area (Å²) in [4.78, 5) is 18.2. The first-order valence-electron chi connectivity index (χ1n) is 9.50. The molecule has 4 heterocycles. The number of imidazole rings is 1. The van der Waals surface area contributed by atoms with Gasteiger partial charge in [-0.1, -0.05) is 11.6 Å². The van der Waals surface area contributed by atoms with Crippen LogP contribution in [0.25, 0.3) is 21.9 Å². The molecular formula is C21H20ClN5O. The van der Waals surface area contributed by atoms with Crippen molar-refractivity contribution in [1.82, 2.24) is 24.5 Å². The van der Waals surface area contributed by atoms with Gasteiger partial charge in [-0.05, 0) is 38.0 Å². The third-order valence-electron chi connectivity index (χ3n) is 5.33. The minimum absolute atomic E-state index is 0.220. The largest absolute Gasteiger partial charge is 0.378 e. The Morgan fingerprint density at radius 3 is 2.93 bits per heavy atom. The van der Waals surface area contributed by atoms with E-state index in [1.54, 1.807) is 18.6 Å². The van der Waals surface area contributed by atoms with Crippen molar-refractivity contribution in [2.45, 2.75) is 38.3 Å². The van der Waals surface area contributed by atoms with Crippen LogP contribution in [0.4, 0.5) is 0 Å². The molecule has 0 amide bonds. The van der Waals surface area contributed by atoms with E-state index in [0.29, 0.717) is 17.5 Å². The monoisotopic (exact) mass is 393 g/mol. The Morgan fingerprint density at radius 2 is 2.11 bits per heavy atom. The lowest BCUT2D eigenvalue weighted by Gasteiger charge is -2.30. The lowest BCUT2D eigenvalue weighted by molar-refractivity contribution is 0.00631. The second-order valence-electron chi connectivity index (χ2n) is 7.28. The molecule has 5 rings (SSSR count). The summed E-state index contributed by atoms with van der Waals surface area (Å²) in [7, 11) is 0. The Morgan fingerprint density at radius 1 is 1.18 bits per heavy atom. The molecule has 0 radical (unpaired) electrons. The van der Waals surface area contributed by atoms with E-state index in [1.807, 2.05) is 24.4 Å². The Labute approximate surface area is 167 Å². The summed E-state index contributed by atoms with van der Waals surface area (Å²) in [6.07, 6.45) is 9.79. The minimum atomic E-state index is 0.220. The number of nitrogens with zero attached hydrogens (tertiary/aromatic N) is 5. The van der Waals surface area contributed by atoms with Gasteiger partial charge in [0.1, 0.15) is 11.3 Å². The molecule has 1 saturated heterocycles. The zero-order valence-electron chi connectivity index (χ0n) is 15.5. The van der Waals surface area contributed by atoms with Gasteiger partial charge in [0.25, 0.3) is 0 Å². The smallest absolute Gasteiger partial charge is 0.116 e. The highest BCUT2D eigenvalue weighted by Crippen LogP contribution is 2.34. The fourth-order valence-electron chi connectivity index (χ4n) is 4.11. The summed E-state index contributed by atoms with van der Waals surface area (Å²) >= 11 is 6.32. The maximum Gasteiger partial charge on any atom is 0.116 e. The lowest BCUT2D eigenvalue weighted by atomic mass is 10.0. The number of benzene rings is 1. The molecule has 1 aliphatic rings. The van der Waals surface area contributed by atoms with Crippen LogP contribution in [0.2, 0.25) is 5.02 Å². The molecule has 4 aromatic rings. The number of hydrogen-bond donors (Lipinski definition) is 0. The summed E-state index contributed by atoms with van der Waals surface area (Å²) in [5, 5.41) is 1.73. The normalized spacial score (nSPS) is 20.1. The Hall–Kier alpha value is -2.57. The van der Waals surface area contributed by atoms with Crippen LogP contribution in [0.3, 0.4) is 0 Å². The van der Waals surface area contributed by atoms with Gasteiger partial charge in [-0.25, -0.2) is 4.98 Å². The van der Waals surface area contributed by atoms with E-state index in [4.69, 9.17) is 21.3 Å². The van der Waals surface area contributed by atoms with E-state index < -0.39 is 0 Å². The van der Waals surface area contributed by atoms with Crippen molar-refractivity contribution in [3.8, 4) is 0 Å². The molecule has 0 spiro atoms. The van der Waals surface area contributed by atoms with Crippen molar-refractivity contribution >= 4 is 33.5 Å². The lowest BCUT2D eigenvalue weighted by Crippen LogP contribution is -2.26. The molecule has 2 atom stereocenters. The van der Waals surface area contributed by atoms with Gasteiger partial charge in [0.05, 0.1) is 29.0 Å². The van der Waals surface area contributed by atoms with E-state index in [0.717, 1.165) is 52.9 Å². The van der Waals surface area contributed by atoms with Crippen LogP contribution in [-0.4, -0.2) is 37.2 Å². The van der Waals surface area contributed by atoms with Gasteiger partial charge in [-0.2, -0.15) is 0 Å². The van der Waals surface area contributed by atoms with Crippen molar-refractivity contribution in [2.24, 2.45) is 0 Å². The summed E-state index contributed by atoms with van der Waals surface area (Å²) in [5.74, 6) is 0.976. The van der Waals surface area contributed by atoms with Gasteiger partial charge in [0.2, 0.25) is 0 Å². The second-order valence-corrected chi connectivity index (χ2v) is 7.72. The SMILES string of the molecule is C[C@@H]1C[C@H](n2c(Cc3cnccn3)nc3cnc4ccc(Cl)cc4c32)CCO1. The molecule has 0 unspecified atom stereocenters. The van der Waals surface area contributed by atoms with Gasteiger partial charge in [0.15, 0.2) is 0 Å². The molecule has 0 aliphatic carbocycles. The topological polar surface area (TPSA) is 65.7 Å². The number of rotatable bonds is 3. The Bertz CT molecular complexity index is 1140. The first-order valence-corrected chi connectivity index (χ1v) is 9.88. The van der Waals surface area contributed by atoms with Crippen LogP contribution >= 0.6 is 11.6 Å². The van der Waals surface area contributed by atoms with Crippen molar-refractivity contribution < 1.29 is 4.74 Å². The van der Waals surface area contributed by atoms with Crippen molar-refractivity contribution in [3.63, 3.8) is 0 Å². The predicted octanol–water partition coefficient (Wildman–Crippen LogP) is 4.36. The maximum atomic E-state index is 6.32. The number of hydrogen-bond acceptors (Lipinski definition) is 5. The number of ether oxygens (including phenoxy) is 1. The van der Waals surface area contributed by atoms with Crippen molar-refractivity contribution in [1.29, 1.82) is 0 Å². The van der Waals surface area contributed by atoms with E-state index in [-0.39, 0.29) is 6.10 Å². The van der Waals surface area contributed by atoms with Gasteiger partial charge in [-0.3, -0.25) is 15.0 Å². The first-order chi connectivity index (χ1) is 13.7. The third kappa shape index (κ3) is 3.12. The average molecular weight is 394 g/mol. The van der Waals surface area contributed by atoms with Crippen LogP contribution in [-0.2, 0) is 11.2 Å². The molecule has 3 aromatic heterocycles. The highest BCUT2D eigenvalue weighted by atomic mass is 35.5. The third-order valence-corrected chi connectivity index (χ3v) is 5.56. The quantitative estimate of drug-likeness (QED) is 0.517. The molecule has 0 N–H and O–H groups in total. The van der Waals surface area contributed by atoms with Gasteiger partial charge >= 0.3 is 0 Å². The summed E-state index contributed by atoms with van der Waals surface area (Å²) < 4.78 is 8.16. The second kappa shape index (κ2) is 7.11. The molecule has 142 valence electrons. The molecular weight excluding hydrogens is 374 g/mol. The average Bonchev–Trinajstić information content (AvgIpc) is 3.07. The molecule has 7 heteroatoms. The Balaban J connectivity index is 1.75. The van der Waals surface area contributed by atoms with E-state index in [2.05, 4.69) is 26.4 Å². The Kier molecular flexibility index (Phi) is 4.45. The van der Waals surface area contributed by atoms with Gasteiger partial charge in [0, 0.05) is 48.1 Å². The standard InChI is InChI=1S/C21H20ClN5O/c1-13-8-16(4-7-28-13)27-20(10-15-11-23-5-6-24-15)26-19-12-25-18-3-2-14(22)9-17(18)21(19)27/h2-3,5-6,9,11-13,16H,4,7-8,10H2,1H3/t13-,16-/m1/s1. The molecule has 0 bridgehead atoms. The fourth-order valence-corrected chi connectivity index (χ4v) is 4.28. The van der Waals surface area contributed by atoms with Crippen LogP contribution in [0.1, 0.15) is 37.3 Å². The number of pyridine rings is 1. The van der Waals surface area contributed by atoms with E-state index in [1.165, 1.54) is 0 Å². The maximum absolute atomic E-state index is 6.32. The van der Waals surface area contributed by atoms with E-state index >= 15 is 0 Å². The first kappa shape index (κ1) is 17.5. The van der Waals surface area contributed by atoms with Gasteiger partial charge in [-0.15, -0.1) is 0 Å². The minimum Gasteiger partial charge on any atom is -0.378 e. The van der Waals surface area contributed by atoms with Crippen molar-refractivity contribution in [2.75, 3.05) is 6.61 Å². The van der Waals surface area contributed by atoms with Crippen LogP contribution in [0.5, 0.6) is 0 Å². The number of aromatic nitrogens is 5. The van der Waals surface area contributed by atoms with Crippen LogP contribution in [0.15, 0.2) is 43.0 Å². The predicted molar refractivity (Wildman–Crippen MR) is 109 cm³/mol. The number of fused-ring (bicyclic) bond motifs is 3. The number of halogens is 1. The zero-order valence-corrected chi connectivity index (χ0v) is 16.3. The van der Waals surface area contributed by atoms with E-state index in [9.17, 15) is 0 Å². The zero-order chi connectivity index (χ0) is 19.1. The highest BCUT2D eigenvalue weighted by Gasteiger charge is 2.26. The fraction of sp³-hybridized carbons (Fsp3) is 0.333. The molecule has 1 aliphatic heterocycles. The van der Waals surface area contributed by atoms with Gasteiger partial charge < -0.3 is 9.30 Å². The molecule has 0 saturated carbocycles. The molecule has 28 heavy (non-hydrogen) atoms. The highest BCUT2D eigenvalue weighted by molar-refractivity contribution is 6.31. The summed E-state index contributed by atoms with van der Waals surface area (Å²) in [6.45, 7) is 2.88. The van der Waals surface area contributed by atoms with Crippen LogP contribution in [0, 0.1) is 0 Å².